The van der Waals surface area contributed by atoms with Gasteiger partial charge in [-0.15, -0.1) is 11.3 Å². The van der Waals surface area contributed by atoms with Crippen molar-refractivity contribution in [2.24, 2.45) is 0 Å². The van der Waals surface area contributed by atoms with E-state index in [1.165, 1.54) is 16.5 Å². The predicted octanol–water partition coefficient (Wildman–Crippen LogP) is 3.02. The van der Waals surface area contributed by atoms with Gasteiger partial charge in [0.1, 0.15) is 5.82 Å². The highest BCUT2D eigenvalue weighted by molar-refractivity contribution is 7.17. The summed E-state index contributed by atoms with van der Waals surface area (Å²) in [6, 6.07) is 4.21. The Kier molecular flexibility index (Phi) is 3.57. The van der Waals surface area contributed by atoms with Gasteiger partial charge < -0.3 is 10.6 Å². The molecule has 94 valence electrons. The summed E-state index contributed by atoms with van der Waals surface area (Å²) >= 11 is 1.76. The van der Waals surface area contributed by atoms with Crippen molar-refractivity contribution in [3.63, 3.8) is 0 Å². The fraction of sp³-hybridized carbons (Fsp3) is 0.357. The van der Waals surface area contributed by atoms with Gasteiger partial charge in [-0.25, -0.2) is 4.98 Å². The first-order valence-electron chi connectivity index (χ1n) is 6.38. The number of fused-ring (bicyclic) bond motifs is 1. The molecule has 0 aliphatic carbocycles. The molecule has 18 heavy (non-hydrogen) atoms. The fourth-order valence-corrected chi connectivity index (χ4v) is 3.06. The van der Waals surface area contributed by atoms with Gasteiger partial charge in [0.25, 0.3) is 0 Å². The van der Waals surface area contributed by atoms with Crippen molar-refractivity contribution in [1.82, 2.24) is 10.3 Å². The first-order valence-corrected chi connectivity index (χ1v) is 7.26. The third-order valence-electron chi connectivity index (χ3n) is 3.28. The molecule has 0 fully saturated rings. The first-order chi connectivity index (χ1) is 8.93. The minimum absolute atomic E-state index is 0.966. The zero-order valence-electron chi connectivity index (χ0n) is 10.3. The average Bonchev–Trinajstić information content (AvgIpc) is 2.89. The molecule has 3 heterocycles. The van der Waals surface area contributed by atoms with Gasteiger partial charge in [0.05, 0.1) is 0 Å². The van der Waals surface area contributed by atoms with Crippen LogP contribution < -0.4 is 10.6 Å². The molecule has 0 atom stereocenters. The summed E-state index contributed by atoms with van der Waals surface area (Å²) in [6.45, 7) is 3.10. The number of nitrogens with zero attached hydrogens (tertiary/aromatic N) is 1. The van der Waals surface area contributed by atoms with Gasteiger partial charge in [-0.2, -0.15) is 0 Å². The van der Waals surface area contributed by atoms with Crippen molar-refractivity contribution in [3.8, 4) is 0 Å². The second-order valence-electron chi connectivity index (χ2n) is 4.49. The molecule has 0 bridgehead atoms. The number of thiophene rings is 1. The third-order valence-corrected chi connectivity index (χ3v) is 4.16. The van der Waals surface area contributed by atoms with E-state index in [-0.39, 0.29) is 0 Å². The lowest BCUT2D eigenvalue weighted by molar-refractivity contribution is 0.683. The summed E-state index contributed by atoms with van der Waals surface area (Å²) < 4.78 is 1.30. The van der Waals surface area contributed by atoms with Crippen LogP contribution in [0.3, 0.4) is 0 Å². The van der Waals surface area contributed by atoms with Crippen molar-refractivity contribution < 1.29 is 0 Å². The van der Waals surface area contributed by atoms with E-state index in [9.17, 15) is 0 Å². The van der Waals surface area contributed by atoms with E-state index in [1.54, 1.807) is 16.9 Å². The smallest absolute Gasteiger partial charge is 0.134 e. The van der Waals surface area contributed by atoms with Gasteiger partial charge in [-0.05, 0) is 36.9 Å². The van der Waals surface area contributed by atoms with Crippen LogP contribution in [0.2, 0.25) is 0 Å². The van der Waals surface area contributed by atoms with E-state index in [4.69, 9.17) is 0 Å². The van der Waals surface area contributed by atoms with Crippen molar-refractivity contribution in [2.45, 2.75) is 12.8 Å². The predicted molar refractivity (Wildman–Crippen MR) is 78.3 cm³/mol. The highest BCUT2D eigenvalue weighted by Crippen LogP contribution is 2.25. The van der Waals surface area contributed by atoms with Gasteiger partial charge in [0, 0.05) is 29.4 Å². The maximum absolute atomic E-state index is 4.43. The molecule has 1 aliphatic heterocycles. The lowest BCUT2D eigenvalue weighted by atomic mass is 10.1. The monoisotopic (exact) mass is 259 g/mol. The fourth-order valence-electron chi connectivity index (χ4n) is 2.27. The third kappa shape index (κ3) is 2.54. The molecule has 0 aromatic carbocycles. The molecular formula is C14H17N3S. The van der Waals surface area contributed by atoms with Crippen LogP contribution in [0.4, 0.5) is 5.82 Å². The summed E-state index contributed by atoms with van der Waals surface area (Å²) in [5.74, 6) is 1.02. The standard InChI is InChI=1S/C14H17N3S/c1-6-15-7-2-11(1)3-8-16-14-12-5-10-18-13(12)4-9-17-14/h1,4-5,9-10,15H,2-3,6-8H2,(H,16,17). The molecule has 2 aromatic heterocycles. The first kappa shape index (κ1) is 11.7. The van der Waals surface area contributed by atoms with Crippen molar-refractivity contribution in [2.75, 3.05) is 25.0 Å². The maximum atomic E-state index is 4.43. The molecule has 2 aromatic rings. The molecular weight excluding hydrogens is 242 g/mol. The van der Waals surface area contributed by atoms with Gasteiger partial charge in [-0.1, -0.05) is 11.6 Å². The molecule has 0 amide bonds. The van der Waals surface area contributed by atoms with Crippen LogP contribution in [-0.4, -0.2) is 24.6 Å². The summed E-state index contributed by atoms with van der Waals surface area (Å²) in [7, 11) is 0. The van der Waals surface area contributed by atoms with Crippen LogP contribution >= 0.6 is 11.3 Å². The number of rotatable bonds is 4. The molecule has 0 radical (unpaired) electrons. The Bertz CT molecular complexity index is 559. The highest BCUT2D eigenvalue weighted by atomic mass is 32.1. The molecule has 3 rings (SSSR count). The average molecular weight is 259 g/mol. The summed E-state index contributed by atoms with van der Waals surface area (Å²) in [5.41, 5.74) is 1.55. The Labute approximate surface area is 111 Å². The SMILES string of the molecule is C1=C(CCNc2nccc3sccc23)CCNC1. The molecule has 2 N–H and O–H groups in total. The summed E-state index contributed by atoms with van der Waals surface area (Å²) in [6.07, 6.45) is 6.48. The molecule has 0 spiro atoms. The quantitative estimate of drug-likeness (QED) is 0.829. The van der Waals surface area contributed by atoms with Crippen LogP contribution in [0.5, 0.6) is 0 Å². The Morgan fingerprint density at radius 3 is 3.28 bits per heavy atom. The van der Waals surface area contributed by atoms with E-state index < -0.39 is 0 Å². The molecule has 0 saturated carbocycles. The van der Waals surface area contributed by atoms with Gasteiger partial charge in [0.15, 0.2) is 0 Å². The maximum Gasteiger partial charge on any atom is 0.134 e. The van der Waals surface area contributed by atoms with Gasteiger partial charge in [0.2, 0.25) is 0 Å². The molecule has 1 aliphatic rings. The van der Waals surface area contributed by atoms with E-state index >= 15 is 0 Å². The number of pyridine rings is 1. The van der Waals surface area contributed by atoms with E-state index in [2.05, 4.69) is 39.2 Å². The minimum Gasteiger partial charge on any atom is -0.369 e. The molecule has 4 heteroatoms. The van der Waals surface area contributed by atoms with E-state index in [0.29, 0.717) is 0 Å². The largest absolute Gasteiger partial charge is 0.369 e. The highest BCUT2D eigenvalue weighted by Gasteiger charge is 2.05. The number of hydrogen-bond acceptors (Lipinski definition) is 4. The van der Waals surface area contributed by atoms with Crippen LogP contribution in [0.25, 0.3) is 10.1 Å². The molecule has 3 nitrogen and oxygen atoms in total. The summed E-state index contributed by atoms with van der Waals surface area (Å²) in [4.78, 5) is 4.43. The van der Waals surface area contributed by atoms with E-state index in [0.717, 1.165) is 31.9 Å². The zero-order valence-corrected chi connectivity index (χ0v) is 11.1. The lowest BCUT2D eigenvalue weighted by Gasteiger charge is -2.14. The lowest BCUT2D eigenvalue weighted by Crippen LogP contribution is -2.21. The number of hydrogen-bond donors (Lipinski definition) is 2. The Morgan fingerprint density at radius 2 is 2.39 bits per heavy atom. The Balaban J connectivity index is 1.62. The minimum atomic E-state index is 0.966. The topological polar surface area (TPSA) is 37.0 Å². The number of anilines is 1. The van der Waals surface area contributed by atoms with Crippen molar-refractivity contribution in [1.29, 1.82) is 0 Å². The van der Waals surface area contributed by atoms with Crippen LogP contribution in [0, 0.1) is 0 Å². The zero-order chi connectivity index (χ0) is 12.2. The Morgan fingerprint density at radius 1 is 1.39 bits per heavy atom. The van der Waals surface area contributed by atoms with Crippen LogP contribution in [0.1, 0.15) is 12.8 Å². The van der Waals surface area contributed by atoms with Crippen LogP contribution in [0.15, 0.2) is 35.4 Å². The second-order valence-corrected chi connectivity index (χ2v) is 5.43. The van der Waals surface area contributed by atoms with Gasteiger partial charge >= 0.3 is 0 Å². The van der Waals surface area contributed by atoms with E-state index in [1.807, 2.05) is 6.20 Å². The van der Waals surface area contributed by atoms with Gasteiger partial charge in [-0.3, -0.25) is 0 Å². The molecule has 0 saturated heterocycles. The summed E-state index contributed by atoms with van der Waals surface area (Å²) in [5, 5.41) is 10.1. The molecule has 0 unspecified atom stereocenters. The second kappa shape index (κ2) is 5.50. The normalized spacial score (nSPS) is 15.7. The van der Waals surface area contributed by atoms with Crippen molar-refractivity contribution >= 4 is 27.2 Å². The van der Waals surface area contributed by atoms with Crippen LogP contribution in [-0.2, 0) is 0 Å². The number of aromatic nitrogens is 1. The van der Waals surface area contributed by atoms with Crippen molar-refractivity contribution in [3.05, 3.63) is 35.4 Å². The number of nitrogens with one attached hydrogen (secondary N) is 2. The Hall–Kier alpha value is -1.39.